The molecule has 0 atom stereocenters. The molecule has 0 aliphatic carbocycles. The van der Waals surface area contributed by atoms with Crippen LogP contribution >= 0.6 is 11.6 Å². The zero-order valence-electron chi connectivity index (χ0n) is 28.2. The van der Waals surface area contributed by atoms with Crippen LogP contribution in [0.5, 0.6) is 11.5 Å². The number of ether oxygens (including phenoxy) is 1. The zero-order chi connectivity index (χ0) is 34.4. The van der Waals surface area contributed by atoms with Crippen LogP contribution in [0.15, 0.2) is 60.8 Å². The Bertz CT molecular complexity index is 1870. The number of urea groups is 1. The van der Waals surface area contributed by atoms with Gasteiger partial charge in [-0.3, -0.25) is 19.9 Å². The van der Waals surface area contributed by atoms with Crippen LogP contribution in [0.2, 0.25) is 23.2 Å². The van der Waals surface area contributed by atoms with Gasteiger partial charge < -0.3 is 13.7 Å². The third-order valence-electron chi connectivity index (χ3n) is 9.60. The van der Waals surface area contributed by atoms with Gasteiger partial charge in [0.1, 0.15) is 17.4 Å². The number of aromatic nitrogens is 2. The number of hydrogen-bond donors (Lipinski definition) is 1. The number of imidazole rings is 1. The summed E-state index contributed by atoms with van der Waals surface area (Å²) in [6.45, 7) is 13.9. The lowest BCUT2D eigenvalue weighted by atomic mass is 10.1. The van der Waals surface area contributed by atoms with Crippen molar-refractivity contribution in [2.24, 2.45) is 7.05 Å². The number of rotatable bonds is 9. The largest absolute Gasteiger partial charge is 0.452 e. The van der Waals surface area contributed by atoms with Gasteiger partial charge in [-0.1, -0.05) is 56.6 Å². The average molecular weight is 690 g/mol. The Morgan fingerprint density at radius 3 is 2.54 bits per heavy atom. The summed E-state index contributed by atoms with van der Waals surface area (Å²) in [6.07, 6.45) is 1.92. The Morgan fingerprint density at radius 2 is 1.81 bits per heavy atom. The fraction of sp³-hybridized carbons (Fsp3) is 0.361. The number of carbonyl (C=O) groups excluding carboxylic acids is 2. The van der Waals surface area contributed by atoms with E-state index in [2.05, 4.69) is 73.3 Å². The lowest BCUT2D eigenvalue weighted by molar-refractivity contribution is -0.120. The molecule has 252 valence electrons. The van der Waals surface area contributed by atoms with Crippen LogP contribution in [0.3, 0.4) is 0 Å². The summed E-state index contributed by atoms with van der Waals surface area (Å²) in [5.41, 5.74) is 5.35. The maximum atomic E-state index is 14.7. The van der Waals surface area contributed by atoms with Gasteiger partial charge in [-0.05, 0) is 65.2 Å². The molecule has 3 aromatic carbocycles. The number of carbonyl (C=O) groups is 2. The highest BCUT2D eigenvalue weighted by molar-refractivity contribution is 6.74. The molecular weight excluding hydrogens is 649 g/mol. The molecule has 48 heavy (non-hydrogen) atoms. The van der Waals surface area contributed by atoms with Crippen molar-refractivity contribution in [2.75, 3.05) is 11.4 Å². The molecule has 2 aliphatic heterocycles. The average Bonchev–Trinajstić information content (AvgIpc) is 3.60. The Kier molecular flexibility index (Phi) is 9.25. The van der Waals surface area contributed by atoms with Crippen molar-refractivity contribution in [3.63, 3.8) is 0 Å². The minimum Gasteiger partial charge on any atom is -0.452 e. The van der Waals surface area contributed by atoms with E-state index in [4.69, 9.17) is 20.8 Å². The van der Waals surface area contributed by atoms with Crippen LogP contribution in [0, 0.1) is 5.82 Å². The van der Waals surface area contributed by atoms with E-state index in [1.165, 1.54) is 17.2 Å². The molecule has 0 bridgehead atoms. The third kappa shape index (κ3) is 6.91. The van der Waals surface area contributed by atoms with E-state index in [1.54, 1.807) is 23.2 Å². The van der Waals surface area contributed by atoms with Gasteiger partial charge in [0.2, 0.25) is 5.91 Å². The van der Waals surface area contributed by atoms with E-state index >= 15 is 0 Å². The molecule has 0 saturated carbocycles. The number of para-hydroxylation sites is 1. The van der Waals surface area contributed by atoms with Gasteiger partial charge in [-0.2, -0.15) is 0 Å². The number of nitrogens with one attached hydrogen (secondary N) is 1. The molecule has 1 N–H and O–H groups in total. The molecule has 1 aromatic heterocycles. The Balaban J connectivity index is 1.20. The predicted molar refractivity (Wildman–Crippen MR) is 187 cm³/mol. The summed E-state index contributed by atoms with van der Waals surface area (Å²) >= 11 is 6.31. The molecule has 9 nitrogen and oxygen atoms in total. The number of amides is 3. The van der Waals surface area contributed by atoms with Crippen molar-refractivity contribution in [3.05, 3.63) is 93.9 Å². The quantitative estimate of drug-likeness (QED) is 0.179. The number of hydrogen-bond acceptors (Lipinski definition) is 6. The first-order chi connectivity index (χ1) is 22.7. The van der Waals surface area contributed by atoms with Crippen LogP contribution in [-0.4, -0.2) is 41.3 Å². The minimum absolute atomic E-state index is 0.000388. The number of benzene rings is 3. The van der Waals surface area contributed by atoms with Crippen LogP contribution < -0.4 is 15.0 Å². The molecular formula is C36H41ClFN5O4Si. The second kappa shape index (κ2) is 13.1. The molecule has 0 spiro atoms. The molecule has 12 heteroatoms. The lowest BCUT2D eigenvalue weighted by Crippen LogP contribution is -2.50. The zero-order valence-corrected chi connectivity index (χ0v) is 29.9. The van der Waals surface area contributed by atoms with Crippen molar-refractivity contribution in [2.45, 2.75) is 71.6 Å². The summed E-state index contributed by atoms with van der Waals surface area (Å²) in [6, 6.07) is 16.4. The summed E-state index contributed by atoms with van der Waals surface area (Å²) in [4.78, 5) is 32.6. The lowest BCUT2D eigenvalue weighted by Gasteiger charge is -2.36. The summed E-state index contributed by atoms with van der Waals surface area (Å²) < 4.78 is 29.2. The van der Waals surface area contributed by atoms with Gasteiger partial charge in [-0.15, -0.1) is 0 Å². The van der Waals surface area contributed by atoms with Crippen molar-refractivity contribution >= 4 is 37.7 Å². The number of anilines is 1. The highest BCUT2D eigenvalue weighted by atomic mass is 35.5. The molecule has 1 fully saturated rings. The van der Waals surface area contributed by atoms with Gasteiger partial charge >= 0.3 is 6.03 Å². The first-order valence-corrected chi connectivity index (χ1v) is 19.3. The topological polar surface area (TPSA) is 88.9 Å². The van der Waals surface area contributed by atoms with E-state index in [9.17, 15) is 14.0 Å². The second-order valence-electron chi connectivity index (χ2n) is 14.0. The summed E-state index contributed by atoms with van der Waals surface area (Å²) in [7, 11) is -0.206. The summed E-state index contributed by atoms with van der Waals surface area (Å²) in [5, 5.41) is 2.61. The number of imide groups is 1. The molecule has 3 amide bonds. The Labute approximate surface area is 286 Å². The first kappa shape index (κ1) is 33.9. The van der Waals surface area contributed by atoms with Crippen LogP contribution in [0.1, 0.15) is 49.4 Å². The maximum Gasteiger partial charge on any atom is 0.329 e. The SMILES string of the molecule is Cn1c(N2CCC(=O)NC2=O)cnc1-c1ccc2c(c1)CN(Cc1ccc(Oc3c(F)cccc3Cl)c(CO[Si](C)(C)C(C)(C)C)c1)C2. The maximum absolute atomic E-state index is 14.7. The molecule has 4 aromatic rings. The third-order valence-corrected chi connectivity index (χ3v) is 14.4. The number of nitrogens with zero attached hydrogens (tertiary/aromatic N) is 4. The Morgan fingerprint density at radius 1 is 1.04 bits per heavy atom. The summed E-state index contributed by atoms with van der Waals surface area (Å²) in [5.74, 6) is 1.10. The number of halogens is 2. The number of fused-ring (bicyclic) bond motifs is 1. The Hall–Kier alpha value is -4.03. The van der Waals surface area contributed by atoms with E-state index in [1.807, 2.05) is 23.7 Å². The van der Waals surface area contributed by atoms with Gasteiger partial charge in [-0.25, -0.2) is 14.2 Å². The fourth-order valence-electron chi connectivity index (χ4n) is 5.78. The highest BCUT2D eigenvalue weighted by Crippen LogP contribution is 2.39. The van der Waals surface area contributed by atoms with Gasteiger partial charge in [0.25, 0.3) is 0 Å². The van der Waals surface area contributed by atoms with Gasteiger partial charge in [0.15, 0.2) is 19.9 Å². The molecule has 6 rings (SSSR count). The predicted octanol–water partition coefficient (Wildman–Crippen LogP) is 8.16. The van der Waals surface area contributed by atoms with Crippen molar-refractivity contribution in [3.8, 4) is 22.9 Å². The van der Waals surface area contributed by atoms with Crippen LogP contribution in [-0.2, 0) is 42.5 Å². The molecule has 0 radical (unpaired) electrons. The van der Waals surface area contributed by atoms with E-state index in [0.29, 0.717) is 31.3 Å². The molecule has 3 heterocycles. The second-order valence-corrected chi connectivity index (χ2v) is 19.2. The minimum atomic E-state index is -2.08. The van der Waals surface area contributed by atoms with Gasteiger partial charge in [0.05, 0.1) is 17.8 Å². The molecule has 2 aliphatic rings. The first-order valence-electron chi connectivity index (χ1n) is 16.1. The van der Waals surface area contributed by atoms with E-state index in [0.717, 1.165) is 35.6 Å². The molecule has 0 unspecified atom stereocenters. The smallest absolute Gasteiger partial charge is 0.329 e. The van der Waals surface area contributed by atoms with Gasteiger partial charge in [0, 0.05) is 50.8 Å². The van der Waals surface area contributed by atoms with Crippen LogP contribution in [0.25, 0.3) is 11.4 Å². The van der Waals surface area contributed by atoms with Crippen molar-refractivity contribution in [1.29, 1.82) is 0 Å². The van der Waals surface area contributed by atoms with Crippen molar-refractivity contribution in [1.82, 2.24) is 19.8 Å². The van der Waals surface area contributed by atoms with Crippen molar-refractivity contribution < 1.29 is 23.1 Å². The fourth-order valence-corrected chi connectivity index (χ4v) is 6.94. The molecule has 1 saturated heterocycles. The standard InChI is InChI=1S/C36H41ClFN5O4Si/c1-36(2,3)48(5,6)46-22-27-16-23(10-13-30(27)47-33-28(37)8-7-9-29(33)38)19-42-20-25-12-11-24(17-26(25)21-42)34-39-18-32(41(34)4)43-15-14-31(44)40-35(43)45/h7-13,16-18H,14-15,19-22H2,1-6H3,(H,40,44,45). The van der Waals surface area contributed by atoms with E-state index < -0.39 is 20.2 Å². The van der Waals surface area contributed by atoms with Crippen LogP contribution in [0.4, 0.5) is 15.0 Å². The van der Waals surface area contributed by atoms with E-state index in [-0.39, 0.29) is 28.1 Å². The highest BCUT2D eigenvalue weighted by Gasteiger charge is 2.37. The normalized spacial score (nSPS) is 15.5. The monoisotopic (exact) mass is 689 g/mol.